The van der Waals surface area contributed by atoms with Crippen LogP contribution in [0.5, 0.6) is 0 Å². The van der Waals surface area contributed by atoms with Crippen LogP contribution < -0.4 is 5.73 Å². The van der Waals surface area contributed by atoms with Crippen molar-refractivity contribution in [2.75, 3.05) is 5.73 Å². The van der Waals surface area contributed by atoms with E-state index in [2.05, 4.69) is 10.2 Å². The fourth-order valence-corrected chi connectivity index (χ4v) is 2.18. The van der Waals surface area contributed by atoms with Gasteiger partial charge in [0, 0.05) is 11.5 Å². The molecule has 1 heterocycles. The summed E-state index contributed by atoms with van der Waals surface area (Å²) in [7, 11) is 0. The Bertz CT molecular complexity index is 648. The highest BCUT2D eigenvalue weighted by Gasteiger charge is 2.34. The molecule has 1 fully saturated rings. The van der Waals surface area contributed by atoms with Crippen LogP contribution in [0.25, 0.3) is 11.1 Å². The molecule has 1 aliphatic rings. The third-order valence-electron chi connectivity index (χ3n) is 3.36. The Morgan fingerprint density at radius 3 is 2.40 bits per heavy atom. The van der Waals surface area contributed by atoms with E-state index in [9.17, 15) is 13.2 Å². The molecule has 0 radical (unpaired) electrons. The number of aromatic nitrogens is 2. The lowest BCUT2D eigenvalue weighted by Crippen LogP contribution is -2.08. The smallest absolute Gasteiger partial charge is 0.382 e. The van der Waals surface area contributed by atoms with Crippen LogP contribution in [0.4, 0.5) is 19.0 Å². The lowest BCUT2D eigenvalue weighted by Gasteiger charge is -2.14. The number of benzene rings is 1. The number of hydrogen-bond donors (Lipinski definition) is 1. The minimum absolute atomic E-state index is 0.0195. The Morgan fingerprint density at radius 1 is 1.05 bits per heavy atom. The van der Waals surface area contributed by atoms with Crippen LogP contribution in [-0.2, 0) is 6.18 Å². The quantitative estimate of drug-likeness (QED) is 0.913. The van der Waals surface area contributed by atoms with Gasteiger partial charge in [-0.1, -0.05) is 18.2 Å². The second-order valence-corrected chi connectivity index (χ2v) is 4.89. The second kappa shape index (κ2) is 4.47. The Labute approximate surface area is 113 Å². The van der Waals surface area contributed by atoms with Gasteiger partial charge in [0.2, 0.25) is 0 Å². The molecule has 104 valence electrons. The molecule has 0 aliphatic heterocycles. The molecule has 0 unspecified atom stereocenters. The molecule has 2 N–H and O–H groups in total. The molecule has 0 amide bonds. The molecule has 0 saturated heterocycles. The largest absolute Gasteiger partial charge is 0.417 e. The fourth-order valence-electron chi connectivity index (χ4n) is 2.18. The summed E-state index contributed by atoms with van der Waals surface area (Å²) in [5, 5.41) is 7.76. The summed E-state index contributed by atoms with van der Waals surface area (Å²) in [6, 6.07) is 7.00. The molecule has 6 heteroatoms. The van der Waals surface area contributed by atoms with Gasteiger partial charge < -0.3 is 5.73 Å². The number of nitrogen functional groups attached to an aromatic ring is 1. The van der Waals surface area contributed by atoms with Crippen molar-refractivity contribution >= 4 is 5.82 Å². The molecule has 2 aromatic rings. The van der Waals surface area contributed by atoms with Crippen LogP contribution in [-0.4, -0.2) is 10.2 Å². The van der Waals surface area contributed by atoms with Crippen molar-refractivity contribution in [1.29, 1.82) is 0 Å². The van der Waals surface area contributed by atoms with Gasteiger partial charge in [-0.05, 0) is 30.5 Å². The highest BCUT2D eigenvalue weighted by atomic mass is 19.4. The van der Waals surface area contributed by atoms with Crippen LogP contribution in [0.1, 0.15) is 30.0 Å². The summed E-state index contributed by atoms with van der Waals surface area (Å²) in [5.41, 5.74) is 6.07. The number of rotatable bonds is 2. The first-order chi connectivity index (χ1) is 9.47. The summed E-state index contributed by atoms with van der Waals surface area (Å²) in [6.07, 6.45) is -2.43. The van der Waals surface area contributed by atoms with Crippen LogP contribution in [0, 0.1) is 0 Å². The van der Waals surface area contributed by atoms with E-state index in [-0.39, 0.29) is 11.4 Å². The number of nitrogens with two attached hydrogens (primary N) is 1. The van der Waals surface area contributed by atoms with Gasteiger partial charge in [0.1, 0.15) is 0 Å². The summed E-state index contributed by atoms with van der Waals surface area (Å²) in [5.74, 6) is 0.325. The zero-order valence-electron chi connectivity index (χ0n) is 10.5. The SMILES string of the molecule is Nc1nnc(C2CC2)cc1-c1ccccc1C(F)(F)F. The maximum absolute atomic E-state index is 13.1. The first kappa shape index (κ1) is 12.9. The predicted molar refractivity (Wildman–Crippen MR) is 68.9 cm³/mol. The summed E-state index contributed by atoms with van der Waals surface area (Å²) >= 11 is 0. The predicted octanol–water partition coefficient (Wildman–Crippen LogP) is 3.62. The molecule has 1 aliphatic carbocycles. The van der Waals surface area contributed by atoms with Gasteiger partial charge >= 0.3 is 6.18 Å². The normalized spacial score (nSPS) is 15.3. The highest BCUT2D eigenvalue weighted by Crippen LogP contribution is 2.42. The maximum atomic E-state index is 13.1. The van der Waals surface area contributed by atoms with E-state index in [0.717, 1.165) is 18.9 Å². The van der Waals surface area contributed by atoms with E-state index in [4.69, 9.17) is 5.73 Å². The lowest BCUT2D eigenvalue weighted by atomic mass is 9.99. The van der Waals surface area contributed by atoms with E-state index >= 15 is 0 Å². The van der Waals surface area contributed by atoms with Crippen LogP contribution in [0.2, 0.25) is 0 Å². The molecular weight excluding hydrogens is 267 g/mol. The van der Waals surface area contributed by atoms with E-state index in [0.29, 0.717) is 17.2 Å². The lowest BCUT2D eigenvalue weighted by molar-refractivity contribution is -0.137. The molecular formula is C14H12F3N3. The third kappa shape index (κ3) is 2.33. The van der Waals surface area contributed by atoms with Crippen LogP contribution in [0.15, 0.2) is 30.3 Å². The summed E-state index contributed by atoms with van der Waals surface area (Å²) in [6.45, 7) is 0. The summed E-state index contributed by atoms with van der Waals surface area (Å²) < 4.78 is 39.2. The second-order valence-electron chi connectivity index (χ2n) is 4.89. The highest BCUT2D eigenvalue weighted by molar-refractivity contribution is 5.76. The van der Waals surface area contributed by atoms with Gasteiger partial charge in [0.15, 0.2) is 5.82 Å². The Balaban J connectivity index is 2.15. The number of alkyl halides is 3. The van der Waals surface area contributed by atoms with E-state index in [1.54, 1.807) is 12.1 Å². The van der Waals surface area contributed by atoms with Gasteiger partial charge in [0.25, 0.3) is 0 Å². The van der Waals surface area contributed by atoms with Crippen molar-refractivity contribution in [2.45, 2.75) is 24.9 Å². The third-order valence-corrected chi connectivity index (χ3v) is 3.36. The molecule has 1 saturated carbocycles. The minimum atomic E-state index is -4.42. The molecule has 0 spiro atoms. The average Bonchev–Trinajstić information content (AvgIpc) is 3.23. The molecule has 0 atom stereocenters. The number of halogens is 3. The Morgan fingerprint density at radius 2 is 1.75 bits per heavy atom. The zero-order chi connectivity index (χ0) is 14.3. The van der Waals surface area contributed by atoms with Gasteiger partial charge in [-0.25, -0.2) is 0 Å². The van der Waals surface area contributed by atoms with Gasteiger partial charge in [-0.15, -0.1) is 5.10 Å². The van der Waals surface area contributed by atoms with Crippen molar-refractivity contribution in [3.8, 4) is 11.1 Å². The van der Waals surface area contributed by atoms with E-state index < -0.39 is 11.7 Å². The maximum Gasteiger partial charge on any atom is 0.417 e. The van der Waals surface area contributed by atoms with Crippen molar-refractivity contribution < 1.29 is 13.2 Å². The van der Waals surface area contributed by atoms with Crippen LogP contribution in [0.3, 0.4) is 0 Å². The molecule has 1 aromatic carbocycles. The van der Waals surface area contributed by atoms with E-state index in [1.807, 2.05) is 0 Å². The number of anilines is 1. The first-order valence-electron chi connectivity index (χ1n) is 6.26. The van der Waals surface area contributed by atoms with Crippen molar-refractivity contribution in [3.05, 3.63) is 41.6 Å². The number of nitrogens with zero attached hydrogens (tertiary/aromatic N) is 2. The van der Waals surface area contributed by atoms with Gasteiger partial charge in [-0.2, -0.15) is 18.3 Å². The molecule has 0 bridgehead atoms. The van der Waals surface area contributed by atoms with Crippen LogP contribution >= 0.6 is 0 Å². The van der Waals surface area contributed by atoms with E-state index in [1.165, 1.54) is 12.1 Å². The number of hydrogen-bond acceptors (Lipinski definition) is 3. The Hall–Kier alpha value is -2.11. The first-order valence-corrected chi connectivity index (χ1v) is 6.26. The molecule has 3 nitrogen and oxygen atoms in total. The minimum Gasteiger partial charge on any atom is -0.382 e. The van der Waals surface area contributed by atoms with Crippen molar-refractivity contribution in [2.24, 2.45) is 0 Å². The standard InChI is InChI=1S/C14H12F3N3/c15-14(16,17)11-4-2-1-3-9(11)10-7-12(8-5-6-8)19-20-13(10)18/h1-4,7-8H,5-6H2,(H2,18,20). The molecule has 1 aromatic heterocycles. The van der Waals surface area contributed by atoms with Gasteiger partial charge in [0.05, 0.1) is 11.3 Å². The van der Waals surface area contributed by atoms with Crippen molar-refractivity contribution in [3.63, 3.8) is 0 Å². The average molecular weight is 279 g/mol. The van der Waals surface area contributed by atoms with Crippen molar-refractivity contribution in [1.82, 2.24) is 10.2 Å². The molecule has 20 heavy (non-hydrogen) atoms. The topological polar surface area (TPSA) is 51.8 Å². The summed E-state index contributed by atoms with van der Waals surface area (Å²) in [4.78, 5) is 0. The fraction of sp³-hybridized carbons (Fsp3) is 0.286. The molecule has 3 rings (SSSR count). The zero-order valence-corrected chi connectivity index (χ0v) is 10.5. The monoisotopic (exact) mass is 279 g/mol. The van der Waals surface area contributed by atoms with Gasteiger partial charge in [-0.3, -0.25) is 0 Å². The Kier molecular flexibility index (Phi) is 2.88.